The van der Waals surface area contributed by atoms with E-state index in [4.69, 9.17) is 9.47 Å². The number of aryl methyl sites for hydroxylation is 1. The highest BCUT2D eigenvalue weighted by atomic mass is 16.6. The second-order valence-electron chi connectivity index (χ2n) is 8.64. The number of ketones is 1. The van der Waals surface area contributed by atoms with Gasteiger partial charge >= 0.3 is 12.1 Å². The summed E-state index contributed by atoms with van der Waals surface area (Å²) >= 11 is 0. The molecule has 0 aliphatic heterocycles. The van der Waals surface area contributed by atoms with Gasteiger partial charge in [0.15, 0.2) is 0 Å². The Hall–Kier alpha value is -2.90. The van der Waals surface area contributed by atoms with Gasteiger partial charge in [-0.1, -0.05) is 12.1 Å². The predicted molar refractivity (Wildman–Crippen MR) is 122 cm³/mol. The van der Waals surface area contributed by atoms with Crippen molar-refractivity contribution in [1.82, 2.24) is 5.32 Å². The van der Waals surface area contributed by atoms with Crippen LogP contribution in [0.5, 0.6) is 0 Å². The van der Waals surface area contributed by atoms with Crippen molar-refractivity contribution in [3.63, 3.8) is 0 Å². The summed E-state index contributed by atoms with van der Waals surface area (Å²) in [5.41, 5.74) is 0.984. The Kier molecular flexibility index (Phi) is 11.4. The second-order valence-corrected chi connectivity index (χ2v) is 8.64. The average Bonchev–Trinajstić information content (AvgIpc) is 2.68. The fraction of sp³-hybridized carbons (Fsp3) is 0.583. The van der Waals surface area contributed by atoms with Crippen molar-refractivity contribution in [2.24, 2.45) is 5.92 Å². The lowest BCUT2D eigenvalue weighted by Gasteiger charge is -2.19. The molecule has 0 spiro atoms. The molecule has 0 fully saturated rings. The third-order valence-corrected chi connectivity index (χ3v) is 4.49. The molecule has 1 atom stereocenters. The Labute approximate surface area is 190 Å². The van der Waals surface area contributed by atoms with E-state index >= 15 is 0 Å². The first-order chi connectivity index (χ1) is 15.0. The molecule has 2 amide bonds. The Morgan fingerprint density at radius 1 is 1.06 bits per heavy atom. The number of benzene rings is 1. The number of carbonyl (C=O) groups is 4. The standard InChI is InChI=1S/C24H36N2O6/c1-6-31-22(29)19(8-7-15-25-17(2)27)16-21(28)14-11-18-9-12-20(13-10-18)26-23(30)32-24(3,4)5/h9-10,12-13,19H,6-8,11,14-16H2,1-5H3,(H,25,27)(H,26,30)/t19-/m0/s1. The normalized spacial score (nSPS) is 11.9. The number of ether oxygens (including phenoxy) is 2. The minimum atomic E-state index is -0.574. The molecule has 1 aromatic rings. The number of nitrogens with one attached hydrogen (secondary N) is 2. The third-order valence-electron chi connectivity index (χ3n) is 4.49. The van der Waals surface area contributed by atoms with Crippen molar-refractivity contribution >= 4 is 29.4 Å². The number of carbonyl (C=O) groups excluding carboxylic acids is 4. The SMILES string of the molecule is CCOC(=O)[C@@H](CCCNC(C)=O)CC(=O)CCc1ccc(NC(=O)OC(C)(C)C)cc1. The summed E-state index contributed by atoms with van der Waals surface area (Å²) in [6.07, 6.45) is 1.52. The van der Waals surface area contributed by atoms with Crippen molar-refractivity contribution in [2.45, 2.75) is 72.3 Å². The van der Waals surface area contributed by atoms with Gasteiger partial charge in [0, 0.05) is 32.0 Å². The molecule has 8 heteroatoms. The largest absolute Gasteiger partial charge is 0.466 e. The van der Waals surface area contributed by atoms with Crippen LogP contribution in [0.15, 0.2) is 24.3 Å². The van der Waals surface area contributed by atoms with E-state index in [0.29, 0.717) is 37.9 Å². The van der Waals surface area contributed by atoms with Crippen LogP contribution in [0, 0.1) is 5.92 Å². The summed E-state index contributed by atoms with van der Waals surface area (Å²) in [6.45, 7) is 9.27. The summed E-state index contributed by atoms with van der Waals surface area (Å²) in [5, 5.41) is 5.36. The van der Waals surface area contributed by atoms with Crippen LogP contribution >= 0.6 is 0 Å². The zero-order valence-corrected chi connectivity index (χ0v) is 19.8. The quantitative estimate of drug-likeness (QED) is 0.369. The van der Waals surface area contributed by atoms with Crippen molar-refractivity contribution in [2.75, 3.05) is 18.5 Å². The molecule has 1 rings (SSSR count). The van der Waals surface area contributed by atoms with Gasteiger partial charge in [-0.05, 0) is 64.7 Å². The van der Waals surface area contributed by atoms with E-state index in [1.54, 1.807) is 39.8 Å². The molecule has 0 heterocycles. The summed E-state index contributed by atoms with van der Waals surface area (Å²) in [6, 6.07) is 7.20. The van der Waals surface area contributed by atoms with Gasteiger partial charge in [-0.15, -0.1) is 0 Å². The van der Waals surface area contributed by atoms with Gasteiger partial charge in [0.2, 0.25) is 5.91 Å². The molecule has 1 aromatic carbocycles. The van der Waals surface area contributed by atoms with Crippen LogP contribution in [0.1, 0.15) is 65.9 Å². The van der Waals surface area contributed by atoms with E-state index in [2.05, 4.69) is 10.6 Å². The minimum Gasteiger partial charge on any atom is -0.466 e. The fourth-order valence-corrected chi connectivity index (χ4v) is 3.01. The Morgan fingerprint density at radius 3 is 2.28 bits per heavy atom. The molecule has 2 N–H and O–H groups in total. The molecule has 0 aliphatic rings. The highest BCUT2D eigenvalue weighted by Gasteiger charge is 2.22. The number of Topliss-reactive ketones (excluding diaryl/α,β-unsaturated/α-hetero) is 1. The summed E-state index contributed by atoms with van der Waals surface area (Å²) in [4.78, 5) is 47.4. The summed E-state index contributed by atoms with van der Waals surface area (Å²) in [5.74, 6) is -1.02. The molecule has 0 aliphatic carbocycles. The maximum absolute atomic E-state index is 12.5. The van der Waals surface area contributed by atoms with E-state index < -0.39 is 17.6 Å². The third kappa shape index (κ3) is 12.1. The van der Waals surface area contributed by atoms with Gasteiger partial charge in [0.1, 0.15) is 11.4 Å². The molecule has 0 unspecified atom stereocenters. The molecule has 178 valence electrons. The maximum Gasteiger partial charge on any atom is 0.412 e. The zero-order chi connectivity index (χ0) is 24.1. The maximum atomic E-state index is 12.5. The van der Waals surface area contributed by atoms with E-state index in [1.165, 1.54) is 6.92 Å². The van der Waals surface area contributed by atoms with Crippen LogP contribution in [-0.2, 0) is 30.3 Å². The van der Waals surface area contributed by atoms with Crippen LogP contribution in [0.4, 0.5) is 10.5 Å². The molecule has 0 bridgehead atoms. The molecule has 0 aromatic heterocycles. The topological polar surface area (TPSA) is 111 Å². The lowest BCUT2D eigenvalue weighted by atomic mass is 9.94. The Bertz CT molecular complexity index is 768. The van der Waals surface area contributed by atoms with E-state index in [1.807, 2.05) is 12.1 Å². The number of hydrogen-bond donors (Lipinski definition) is 2. The molecule has 32 heavy (non-hydrogen) atoms. The molecule has 0 saturated heterocycles. The number of anilines is 1. The van der Waals surface area contributed by atoms with Crippen molar-refractivity contribution in [3.05, 3.63) is 29.8 Å². The molecule has 0 saturated carbocycles. The van der Waals surface area contributed by atoms with Gasteiger partial charge in [-0.25, -0.2) is 4.79 Å². The van der Waals surface area contributed by atoms with Crippen LogP contribution in [-0.4, -0.2) is 42.5 Å². The van der Waals surface area contributed by atoms with Crippen molar-refractivity contribution in [1.29, 1.82) is 0 Å². The number of esters is 1. The van der Waals surface area contributed by atoms with Crippen molar-refractivity contribution < 1.29 is 28.7 Å². The Morgan fingerprint density at radius 2 is 1.72 bits per heavy atom. The average molecular weight is 449 g/mol. The first-order valence-electron chi connectivity index (χ1n) is 11.0. The lowest BCUT2D eigenvalue weighted by Crippen LogP contribution is -2.27. The highest BCUT2D eigenvalue weighted by molar-refractivity contribution is 5.85. The highest BCUT2D eigenvalue weighted by Crippen LogP contribution is 2.18. The van der Waals surface area contributed by atoms with Crippen LogP contribution in [0.2, 0.25) is 0 Å². The van der Waals surface area contributed by atoms with Crippen molar-refractivity contribution in [3.8, 4) is 0 Å². The molecule has 0 radical (unpaired) electrons. The van der Waals surface area contributed by atoms with Crippen LogP contribution < -0.4 is 10.6 Å². The van der Waals surface area contributed by atoms with E-state index in [0.717, 1.165) is 5.56 Å². The number of amides is 2. The van der Waals surface area contributed by atoms with E-state index in [9.17, 15) is 19.2 Å². The van der Waals surface area contributed by atoms with Crippen LogP contribution in [0.25, 0.3) is 0 Å². The lowest BCUT2D eigenvalue weighted by molar-refractivity contribution is -0.149. The second kappa shape index (κ2) is 13.5. The molecular weight excluding hydrogens is 412 g/mol. The van der Waals surface area contributed by atoms with Gasteiger partial charge in [-0.3, -0.25) is 19.7 Å². The van der Waals surface area contributed by atoms with Crippen LogP contribution in [0.3, 0.4) is 0 Å². The van der Waals surface area contributed by atoms with Gasteiger partial charge in [0.25, 0.3) is 0 Å². The smallest absolute Gasteiger partial charge is 0.412 e. The molecule has 8 nitrogen and oxygen atoms in total. The monoisotopic (exact) mass is 448 g/mol. The van der Waals surface area contributed by atoms with Gasteiger partial charge < -0.3 is 14.8 Å². The predicted octanol–water partition coefficient (Wildman–Crippen LogP) is 4.02. The van der Waals surface area contributed by atoms with Gasteiger partial charge in [-0.2, -0.15) is 0 Å². The van der Waals surface area contributed by atoms with E-state index in [-0.39, 0.29) is 30.7 Å². The zero-order valence-electron chi connectivity index (χ0n) is 19.8. The first-order valence-corrected chi connectivity index (χ1v) is 11.0. The first kappa shape index (κ1) is 27.1. The van der Waals surface area contributed by atoms with Gasteiger partial charge in [0.05, 0.1) is 12.5 Å². The molecular formula is C24H36N2O6. The Balaban J connectivity index is 2.52. The minimum absolute atomic E-state index is 0.0152. The fourth-order valence-electron chi connectivity index (χ4n) is 3.01. The number of rotatable bonds is 12. The summed E-state index contributed by atoms with van der Waals surface area (Å²) < 4.78 is 10.3. The number of hydrogen-bond acceptors (Lipinski definition) is 6. The summed E-state index contributed by atoms with van der Waals surface area (Å²) in [7, 11) is 0.